The van der Waals surface area contributed by atoms with Crippen LogP contribution < -0.4 is 0 Å². The van der Waals surface area contributed by atoms with Gasteiger partial charge in [-0.25, -0.2) is 0 Å². The SMILES string of the molecule is C=C/C=C(/C/C=C\C(C)=C/C)CCc1cccc(C2=CC=CCC=C2C)c1C1CC1. The van der Waals surface area contributed by atoms with Gasteiger partial charge in [-0.1, -0.05) is 90.6 Å². The summed E-state index contributed by atoms with van der Waals surface area (Å²) in [5.41, 5.74) is 10.1. The summed E-state index contributed by atoms with van der Waals surface area (Å²) in [5.74, 6) is 0.737. The van der Waals surface area contributed by atoms with Crippen LogP contribution in [0.2, 0.25) is 0 Å². The Balaban J connectivity index is 1.83. The van der Waals surface area contributed by atoms with Crippen LogP contribution in [0.3, 0.4) is 0 Å². The van der Waals surface area contributed by atoms with E-state index in [4.69, 9.17) is 0 Å². The summed E-state index contributed by atoms with van der Waals surface area (Å²) in [6.45, 7) is 10.4. The normalized spacial score (nSPS) is 17.7. The van der Waals surface area contributed by atoms with E-state index in [1.165, 1.54) is 46.3 Å². The summed E-state index contributed by atoms with van der Waals surface area (Å²) in [7, 11) is 0. The minimum atomic E-state index is 0.737. The third-order valence-corrected chi connectivity index (χ3v) is 6.14. The van der Waals surface area contributed by atoms with Crippen LogP contribution >= 0.6 is 0 Å². The average molecular weight is 397 g/mol. The van der Waals surface area contributed by atoms with Gasteiger partial charge in [0.25, 0.3) is 0 Å². The van der Waals surface area contributed by atoms with Crippen LogP contribution in [0.25, 0.3) is 5.57 Å². The molecule has 1 fully saturated rings. The zero-order valence-corrected chi connectivity index (χ0v) is 19.0. The van der Waals surface area contributed by atoms with Crippen molar-refractivity contribution in [2.45, 2.75) is 65.2 Å². The molecule has 2 aliphatic rings. The zero-order chi connectivity index (χ0) is 21.3. The van der Waals surface area contributed by atoms with Crippen molar-refractivity contribution < 1.29 is 0 Å². The summed E-state index contributed by atoms with van der Waals surface area (Å²) in [6, 6.07) is 6.95. The van der Waals surface area contributed by atoms with Crippen LogP contribution in [0.15, 0.2) is 96.2 Å². The molecule has 0 radical (unpaired) electrons. The second kappa shape index (κ2) is 11.0. The Hall–Kier alpha value is -2.60. The molecule has 3 rings (SSSR count). The molecular weight excluding hydrogens is 360 g/mol. The van der Waals surface area contributed by atoms with Crippen molar-refractivity contribution in [1.29, 1.82) is 0 Å². The lowest BCUT2D eigenvalue weighted by Crippen LogP contribution is -2.01. The van der Waals surface area contributed by atoms with Gasteiger partial charge in [-0.2, -0.15) is 0 Å². The summed E-state index contributed by atoms with van der Waals surface area (Å²) in [5, 5.41) is 0. The molecule has 0 unspecified atom stereocenters. The molecule has 0 saturated heterocycles. The van der Waals surface area contributed by atoms with Crippen molar-refractivity contribution in [3.05, 3.63) is 113 Å². The number of rotatable bonds is 9. The van der Waals surface area contributed by atoms with Crippen LogP contribution in [0.1, 0.15) is 75.5 Å². The van der Waals surface area contributed by atoms with Crippen molar-refractivity contribution in [3.8, 4) is 0 Å². The van der Waals surface area contributed by atoms with Crippen LogP contribution in [-0.2, 0) is 6.42 Å². The predicted molar refractivity (Wildman–Crippen MR) is 134 cm³/mol. The number of aryl methyl sites for hydroxylation is 1. The van der Waals surface area contributed by atoms with Gasteiger partial charge in [0.15, 0.2) is 0 Å². The highest BCUT2D eigenvalue weighted by atomic mass is 14.3. The number of benzene rings is 1. The first-order valence-corrected chi connectivity index (χ1v) is 11.4. The first kappa shape index (κ1) is 22.1. The number of allylic oxidation sites excluding steroid dienone is 13. The highest BCUT2D eigenvalue weighted by molar-refractivity contribution is 5.82. The van der Waals surface area contributed by atoms with Crippen molar-refractivity contribution in [1.82, 2.24) is 0 Å². The van der Waals surface area contributed by atoms with E-state index in [0.29, 0.717) is 0 Å². The third-order valence-electron chi connectivity index (χ3n) is 6.14. The van der Waals surface area contributed by atoms with E-state index in [0.717, 1.165) is 31.6 Å². The minimum absolute atomic E-state index is 0.737. The predicted octanol–water partition coefficient (Wildman–Crippen LogP) is 8.81. The fraction of sp³-hybridized carbons (Fsp3) is 0.333. The van der Waals surface area contributed by atoms with Crippen LogP contribution in [0.5, 0.6) is 0 Å². The molecule has 0 heteroatoms. The Morgan fingerprint density at radius 3 is 2.80 bits per heavy atom. The van der Waals surface area contributed by atoms with E-state index >= 15 is 0 Å². The molecule has 0 aromatic heterocycles. The van der Waals surface area contributed by atoms with E-state index < -0.39 is 0 Å². The smallest absolute Gasteiger partial charge is 0.0132 e. The zero-order valence-electron chi connectivity index (χ0n) is 19.0. The van der Waals surface area contributed by atoms with Gasteiger partial charge in [-0.3, -0.25) is 0 Å². The summed E-state index contributed by atoms with van der Waals surface area (Å²) in [4.78, 5) is 0. The van der Waals surface area contributed by atoms with Crippen molar-refractivity contribution in [3.63, 3.8) is 0 Å². The molecule has 0 bridgehead atoms. The van der Waals surface area contributed by atoms with Crippen molar-refractivity contribution in [2.75, 3.05) is 0 Å². The highest BCUT2D eigenvalue weighted by Gasteiger charge is 2.29. The van der Waals surface area contributed by atoms with E-state index in [1.54, 1.807) is 5.56 Å². The van der Waals surface area contributed by atoms with E-state index in [1.807, 2.05) is 6.08 Å². The molecule has 0 amide bonds. The van der Waals surface area contributed by atoms with E-state index in [9.17, 15) is 0 Å². The largest absolute Gasteiger partial charge is 0.0991 e. The van der Waals surface area contributed by atoms with Crippen molar-refractivity contribution in [2.24, 2.45) is 0 Å². The Kier molecular flexibility index (Phi) is 8.08. The van der Waals surface area contributed by atoms with Crippen LogP contribution in [0, 0.1) is 0 Å². The Bertz CT molecular complexity index is 936. The maximum Gasteiger partial charge on any atom is -0.0132 e. The molecule has 0 nitrogen and oxygen atoms in total. The lowest BCUT2D eigenvalue weighted by Gasteiger charge is -2.18. The third kappa shape index (κ3) is 5.95. The fourth-order valence-electron chi connectivity index (χ4n) is 4.16. The van der Waals surface area contributed by atoms with E-state index in [-0.39, 0.29) is 0 Å². The molecule has 1 saturated carbocycles. The summed E-state index contributed by atoms with van der Waals surface area (Å²) < 4.78 is 0. The number of hydrogen-bond donors (Lipinski definition) is 0. The molecule has 1 aromatic carbocycles. The lowest BCUT2D eigenvalue weighted by molar-refractivity contribution is 0.888. The summed E-state index contributed by atoms with van der Waals surface area (Å²) in [6.07, 6.45) is 26.8. The molecule has 0 aliphatic heterocycles. The maximum absolute atomic E-state index is 3.93. The molecular formula is C30H36. The van der Waals surface area contributed by atoms with Gasteiger partial charge >= 0.3 is 0 Å². The molecule has 0 spiro atoms. The second-order valence-corrected chi connectivity index (χ2v) is 8.48. The lowest BCUT2D eigenvalue weighted by atomic mass is 9.87. The van der Waals surface area contributed by atoms with Gasteiger partial charge in [0.05, 0.1) is 0 Å². The molecule has 2 aliphatic carbocycles. The second-order valence-electron chi connectivity index (χ2n) is 8.48. The van der Waals surface area contributed by atoms with Gasteiger partial charge in [0.1, 0.15) is 0 Å². The Morgan fingerprint density at radius 2 is 2.07 bits per heavy atom. The average Bonchev–Trinajstić information content (AvgIpc) is 3.60. The minimum Gasteiger partial charge on any atom is -0.0991 e. The number of hydrogen-bond acceptors (Lipinski definition) is 0. The summed E-state index contributed by atoms with van der Waals surface area (Å²) >= 11 is 0. The molecule has 0 heterocycles. The Labute approximate surface area is 183 Å². The topological polar surface area (TPSA) is 0 Å². The quantitative estimate of drug-likeness (QED) is 0.366. The molecule has 30 heavy (non-hydrogen) atoms. The molecule has 0 N–H and O–H groups in total. The fourth-order valence-corrected chi connectivity index (χ4v) is 4.16. The standard InChI is InChI=1S/C30H36/c1-5-12-25(15-10-13-23(3)6-2)19-20-26-16-11-18-29(30(26)27-21-22-27)28-17-9-7-8-14-24(28)4/h5-7,9-14,16-18,27H,1,8,15,19-22H2,2-4H3/b13-10-,23-6-,25-12-. The monoisotopic (exact) mass is 396 g/mol. The molecule has 156 valence electrons. The maximum atomic E-state index is 3.93. The molecule has 1 aromatic rings. The highest BCUT2D eigenvalue weighted by Crippen LogP contribution is 2.46. The first-order chi connectivity index (χ1) is 14.6. The van der Waals surface area contributed by atoms with Gasteiger partial charge < -0.3 is 0 Å². The molecule has 0 atom stereocenters. The van der Waals surface area contributed by atoms with E-state index in [2.05, 4.69) is 94.2 Å². The Morgan fingerprint density at radius 1 is 1.23 bits per heavy atom. The van der Waals surface area contributed by atoms with Gasteiger partial charge in [-0.15, -0.1) is 0 Å². The van der Waals surface area contributed by atoms with Gasteiger partial charge in [0.2, 0.25) is 0 Å². The van der Waals surface area contributed by atoms with Crippen molar-refractivity contribution >= 4 is 5.57 Å². The van der Waals surface area contributed by atoms with Crippen LogP contribution in [-0.4, -0.2) is 0 Å². The first-order valence-electron chi connectivity index (χ1n) is 11.4. The van der Waals surface area contributed by atoms with Gasteiger partial charge in [-0.05, 0) is 93.1 Å². The van der Waals surface area contributed by atoms with Crippen LogP contribution in [0.4, 0.5) is 0 Å². The van der Waals surface area contributed by atoms with Gasteiger partial charge in [0, 0.05) is 0 Å².